The molecular formula is C20H36N2O3Si. The third-order valence-electron chi connectivity index (χ3n) is 5.18. The lowest BCUT2D eigenvalue weighted by Crippen LogP contribution is -2.55. The average Bonchev–Trinajstić information content (AvgIpc) is 2.63. The Bertz CT molecular complexity index is 575. The molecule has 6 heteroatoms. The van der Waals surface area contributed by atoms with Crippen LogP contribution in [0.2, 0.25) is 19.6 Å². The first kappa shape index (κ1) is 21.1. The number of aryl methyl sites for hydroxylation is 1. The van der Waals surface area contributed by atoms with E-state index in [1.807, 2.05) is 6.07 Å². The quantitative estimate of drug-likeness (QED) is 0.480. The van der Waals surface area contributed by atoms with Crippen LogP contribution < -0.4 is 14.2 Å². The lowest BCUT2D eigenvalue weighted by atomic mass is 10.1. The number of methoxy groups -OCH3 is 3. The molecule has 0 N–H and O–H groups in total. The van der Waals surface area contributed by atoms with E-state index in [9.17, 15) is 0 Å². The molecule has 0 aromatic heterocycles. The van der Waals surface area contributed by atoms with Crippen molar-refractivity contribution in [1.82, 2.24) is 9.47 Å². The zero-order valence-corrected chi connectivity index (χ0v) is 18.4. The Hall–Kier alpha value is -1.24. The first-order valence-electron chi connectivity index (χ1n) is 9.66. The van der Waals surface area contributed by atoms with Crippen LogP contribution in [0.15, 0.2) is 12.1 Å². The molecule has 0 amide bonds. The van der Waals surface area contributed by atoms with E-state index in [1.54, 1.807) is 21.3 Å². The molecule has 1 aliphatic rings. The van der Waals surface area contributed by atoms with Gasteiger partial charge < -0.3 is 18.8 Å². The number of nitrogens with zero attached hydrogens (tertiary/aromatic N) is 2. The Morgan fingerprint density at radius 2 is 1.65 bits per heavy atom. The molecule has 1 heterocycles. The topological polar surface area (TPSA) is 34.2 Å². The number of ether oxygens (including phenoxy) is 3. The van der Waals surface area contributed by atoms with Crippen LogP contribution in [0, 0.1) is 0 Å². The molecule has 1 saturated heterocycles. The molecule has 0 unspecified atom stereocenters. The van der Waals surface area contributed by atoms with Gasteiger partial charge in [0.15, 0.2) is 11.5 Å². The van der Waals surface area contributed by atoms with E-state index in [2.05, 4.69) is 35.2 Å². The Balaban J connectivity index is 1.86. The predicted molar refractivity (Wildman–Crippen MR) is 110 cm³/mol. The van der Waals surface area contributed by atoms with Crippen LogP contribution >= 0.6 is 0 Å². The Kier molecular flexibility index (Phi) is 7.79. The van der Waals surface area contributed by atoms with Crippen molar-refractivity contribution in [3.63, 3.8) is 0 Å². The molecular weight excluding hydrogens is 344 g/mol. The Morgan fingerprint density at radius 3 is 2.27 bits per heavy atom. The Morgan fingerprint density at radius 1 is 0.923 bits per heavy atom. The van der Waals surface area contributed by atoms with E-state index >= 15 is 0 Å². The number of hydrogen-bond acceptors (Lipinski definition) is 5. The minimum atomic E-state index is -1.18. The van der Waals surface area contributed by atoms with Crippen molar-refractivity contribution in [2.75, 3.05) is 47.6 Å². The molecule has 0 bridgehead atoms. The standard InChI is InChI=1S/C20H36N2O3Si/c1-23-18-12-11-17(19(24-2)20(18)25-3)10-7-8-13-21-14-9-15-22(16-21)26(4,5)6/h11-12H,7-10,13-16H2,1-6H3. The summed E-state index contributed by atoms with van der Waals surface area (Å²) in [4.78, 5) is 2.62. The highest BCUT2D eigenvalue weighted by Crippen LogP contribution is 2.40. The smallest absolute Gasteiger partial charge is 0.203 e. The third kappa shape index (κ3) is 5.38. The summed E-state index contributed by atoms with van der Waals surface area (Å²) < 4.78 is 19.2. The van der Waals surface area contributed by atoms with Gasteiger partial charge in [0.2, 0.25) is 5.75 Å². The highest BCUT2D eigenvalue weighted by molar-refractivity contribution is 6.73. The minimum absolute atomic E-state index is 0.689. The highest BCUT2D eigenvalue weighted by Gasteiger charge is 2.27. The van der Waals surface area contributed by atoms with Gasteiger partial charge in [-0.05, 0) is 50.4 Å². The van der Waals surface area contributed by atoms with Crippen LogP contribution in [0.5, 0.6) is 17.2 Å². The van der Waals surface area contributed by atoms with Gasteiger partial charge in [-0.2, -0.15) is 0 Å². The van der Waals surface area contributed by atoms with Crippen molar-refractivity contribution >= 4 is 8.24 Å². The number of rotatable bonds is 9. The summed E-state index contributed by atoms with van der Waals surface area (Å²) in [6.45, 7) is 12.2. The van der Waals surface area contributed by atoms with Crippen LogP contribution in [0.25, 0.3) is 0 Å². The zero-order valence-electron chi connectivity index (χ0n) is 17.4. The van der Waals surface area contributed by atoms with E-state index in [1.165, 1.54) is 38.0 Å². The summed E-state index contributed by atoms with van der Waals surface area (Å²) in [7, 11) is 3.82. The van der Waals surface area contributed by atoms with E-state index in [-0.39, 0.29) is 0 Å². The fourth-order valence-corrected chi connectivity index (χ4v) is 5.06. The summed E-state index contributed by atoms with van der Waals surface area (Å²) in [5.41, 5.74) is 1.19. The van der Waals surface area contributed by atoms with Gasteiger partial charge in [-0.3, -0.25) is 4.90 Å². The largest absolute Gasteiger partial charge is 0.493 e. The first-order chi connectivity index (χ1) is 12.4. The van der Waals surface area contributed by atoms with E-state index in [0.29, 0.717) is 11.5 Å². The van der Waals surface area contributed by atoms with Crippen molar-refractivity contribution in [3.8, 4) is 17.2 Å². The highest BCUT2D eigenvalue weighted by atomic mass is 28.3. The van der Waals surface area contributed by atoms with Crippen LogP contribution in [0.3, 0.4) is 0 Å². The van der Waals surface area contributed by atoms with Crippen LogP contribution in [0.4, 0.5) is 0 Å². The molecule has 5 nitrogen and oxygen atoms in total. The maximum absolute atomic E-state index is 5.59. The molecule has 0 spiro atoms. The number of hydrogen-bond donors (Lipinski definition) is 0. The maximum Gasteiger partial charge on any atom is 0.203 e. The second-order valence-corrected chi connectivity index (χ2v) is 13.0. The molecule has 0 saturated carbocycles. The van der Waals surface area contributed by atoms with Gasteiger partial charge in [0.25, 0.3) is 0 Å². The summed E-state index contributed by atoms with van der Waals surface area (Å²) in [6.07, 6.45) is 4.65. The molecule has 1 fully saturated rings. The van der Waals surface area contributed by atoms with Crippen LogP contribution in [-0.2, 0) is 6.42 Å². The molecule has 1 aliphatic heterocycles. The van der Waals surface area contributed by atoms with Crippen molar-refractivity contribution in [3.05, 3.63) is 17.7 Å². The molecule has 0 aliphatic carbocycles. The second kappa shape index (κ2) is 9.62. The summed E-state index contributed by atoms with van der Waals surface area (Å²) in [5.74, 6) is 2.21. The van der Waals surface area contributed by atoms with Crippen molar-refractivity contribution in [2.45, 2.75) is 45.3 Å². The lowest BCUT2D eigenvalue weighted by molar-refractivity contribution is 0.139. The molecule has 2 rings (SSSR count). The Labute approximate surface area is 160 Å². The van der Waals surface area contributed by atoms with Gasteiger partial charge in [-0.15, -0.1) is 0 Å². The van der Waals surface area contributed by atoms with Gasteiger partial charge >= 0.3 is 0 Å². The number of benzene rings is 1. The van der Waals surface area contributed by atoms with Crippen LogP contribution in [0.1, 0.15) is 24.8 Å². The van der Waals surface area contributed by atoms with Gasteiger partial charge in [0.05, 0.1) is 21.3 Å². The molecule has 1 aromatic carbocycles. The van der Waals surface area contributed by atoms with Gasteiger partial charge in [-0.25, -0.2) is 0 Å². The van der Waals surface area contributed by atoms with Crippen molar-refractivity contribution < 1.29 is 14.2 Å². The monoisotopic (exact) mass is 380 g/mol. The number of unbranched alkanes of at least 4 members (excludes halogenated alkanes) is 1. The van der Waals surface area contributed by atoms with E-state index in [4.69, 9.17) is 14.2 Å². The van der Waals surface area contributed by atoms with Crippen molar-refractivity contribution in [1.29, 1.82) is 0 Å². The maximum atomic E-state index is 5.59. The zero-order chi connectivity index (χ0) is 19.2. The third-order valence-corrected chi connectivity index (χ3v) is 7.44. The van der Waals surface area contributed by atoms with Gasteiger partial charge in [0.1, 0.15) is 8.24 Å². The average molecular weight is 381 g/mol. The fraction of sp³-hybridized carbons (Fsp3) is 0.700. The van der Waals surface area contributed by atoms with Crippen LogP contribution in [-0.4, -0.2) is 65.3 Å². The van der Waals surface area contributed by atoms with E-state index < -0.39 is 8.24 Å². The summed E-state index contributed by atoms with van der Waals surface area (Å²) >= 11 is 0. The minimum Gasteiger partial charge on any atom is -0.493 e. The summed E-state index contributed by atoms with van der Waals surface area (Å²) in [6, 6.07) is 4.06. The lowest BCUT2D eigenvalue weighted by Gasteiger charge is -2.42. The first-order valence-corrected chi connectivity index (χ1v) is 13.1. The van der Waals surface area contributed by atoms with Crippen molar-refractivity contribution in [2.24, 2.45) is 0 Å². The van der Waals surface area contributed by atoms with E-state index in [0.717, 1.165) is 25.3 Å². The predicted octanol–water partition coefficient (Wildman–Crippen LogP) is 3.84. The molecule has 0 radical (unpaired) electrons. The summed E-state index contributed by atoms with van der Waals surface area (Å²) in [5, 5.41) is 0. The van der Waals surface area contributed by atoms with Gasteiger partial charge in [-0.1, -0.05) is 25.7 Å². The van der Waals surface area contributed by atoms with Gasteiger partial charge in [0, 0.05) is 13.2 Å². The fourth-order valence-electron chi connectivity index (χ4n) is 3.61. The molecule has 1 aromatic rings. The molecule has 0 atom stereocenters. The molecule has 148 valence electrons. The molecule has 26 heavy (non-hydrogen) atoms. The SMILES string of the molecule is COc1ccc(CCCCN2CCCN([Si](C)(C)C)C2)c(OC)c1OC. The normalized spacial score (nSPS) is 16.5. The second-order valence-electron chi connectivity index (χ2n) is 8.00.